The predicted molar refractivity (Wildman–Crippen MR) is 116 cm³/mol. The molecule has 0 spiro atoms. The van der Waals surface area contributed by atoms with Gasteiger partial charge in [0, 0.05) is 25.8 Å². The number of aromatic nitrogens is 3. The van der Waals surface area contributed by atoms with E-state index in [-0.39, 0.29) is 5.16 Å². The number of sulfonamides is 1. The van der Waals surface area contributed by atoms with E-state index in [0.717, 1.165) is 50.9 Å². The van der Waals surface area contributed by atoms with Gasteiger partial charge < -0.3 is 10.2 Å². The molecule has 1 aliphatic heterocycles. The average molecular weight is 431 g/mol. The molecule has 1 unspecified atom stereocenters. The van der Waals surface area contributed by atoms with E-state index in [9.17, 15) is 8.42 Å². The Bertz CT molecular complexity index is 1030. The fourth-order valence-corrected chi connectivity index (χ4v) is 6.36. The molecule has 1 saturated heterocycles. The van der Waals surface area contributed by atoms with Gasteiger partial charge in [-0.25, -0.2) is 8.42 Å². The first-order chi connectivity index (χ1) is 14.4. The Morgan fingerprint density at radius 1 is 1.17 bits per heavy atom. The molecule has 0 radical (unpaired) electrons. The van der Waals surface area contributed by atoms with Crippen LogP contribution in [0.15, 0.2) is 11.2 Å². The third-order valence-corrected chi connectivity index (χ3v) is 8.48. The Balaban J connectivity index is 1.36. The van der Waals surface area contributed by atoms with Gasteiger partial charge in [-0.2, -0.15) is 4.31 Å². The molecule has 30 heavy (non-hydrogen) atoms. The maximum absolute atomic E-state index is 13.0. The topological polar surface area (TPSA) is 94.2 Å². The summed E-state index contributed by atoms with van der Waals surface area (Å²) in [5, 5.41) is 11.4. The molecular formula is C21H30N6O2S. The van der Waals surface area contributed by atoms with Crippen molar-refractivity contribution in [1.82, 2.24) is 24.4 Å². The summed E-state index contributed by atoms with van der Waals surface area (Å²) in [6.45, 7) is 2.43. The van der Waals surface area contributed by atoms with Gasteiger partial charge in [-0.1, -0.05) is 6.07 Å². The highest BCUT2D eigenvalue weighted by Crippen LogP contribution is 2.39. The van der Waals surface area contributed by atoms with E-state index >= 15 is 0 Å². The molecule has 1 atom stereocenters. The molecule has 1 aromatic carbocycles. The van der Waals surface area contributed by atoms with Crippen LogP contribution in [-0.4, -0.2) is 66.5 Å². The third-order valence-electron chi connectivity index (χ3n) is 6.84. The fraction of sp³-hybridized carbons (Fsp3) is 0.619. The van der Waals surface area contributed by atoms with Crippen LogP contribution in [0.2, 0.25) is 0 Å². The van der Waals surface area contributed by atoms with Crippen LogP contribution < -0.4 is 5.32 Å². The lowest BCUT2D eigenvalue weighted by Gasteiger charge is -2.19. The maximum atomic E-state index is 13.0. The van der Waals surface area contributed by atoms with E-state index in [1.165, 1.54) is 39.4 Å². The first-order valence-electron chi connectivity index (χ1n) is 10.9. The molecular weight excluding hydrogens is 400 g/mol. The van der Waals surface area contributed by atoms with Crippen molar-refractivity contribution in [2.24, 2.45) is 5.92 Å². The van der Waals surface area contributed by atoms with Crippen molar-refractivity contribution in [2.45, 2.75) is 50.1 Å². The number of nitrogens with one attached hydrogen (secondary N) is 2. The minimum absolute atomic E-state index is 0.0944. The lowest BCUT2D eigenvalue weighted by atomic mass is 9.99. The highest BCUT2D eigenvalue weighted by atomic mass is 32.2. The van der Waals surface area contributed by atoms with Gasteiger partial charge >= 0.3 is 0 Å². The minimum atomic E-state index is -3.69. The number of anilines is 2. The van der Waals surface area contributed by atoms with Gasteiger partial charge in [-0.3, -0.25) is 4.98 Å². The average Bonchev–Trinajstić information content (AvgIpc) is 3.48. The molecule has 2 heterocycles. The summed E-state index contributed by atoms with van der Waals surface area (Å²) in [5.41, 5.74) is 6.69. The standard InChI is InChI=1S/C21H30N6O2S/c1-26-10-9-14(12-26)13-27(2)30(28,29)21-23-20(24-25-21)22-19-17-7-3-5-15(17)11-16-6-4-8-18(16)19/h11,14H,3-10,12-13H2,1-2H3,(H2,22,23,24,25). The van der Waals surface area contributed by atoms with Crippen LogP contribution in [0, 0.1) is 5.92 Å². The molecule has 3 aliphatic rings. The number of aryl methyl sites for hydroxylation is 2. The van der Waals surface area contributed by atoms with E-state index in [1.54, 1.807) is 7.05 Å². The van der Waals surface area contributed by atoms with E-state index in [1.807, 2.05) is 0 Å². The molecule has 1 fully saturated rings. The molecule has 2 aliphatic carbocycles. The maximum Gasteiger partial charge on any atom is 0.278 e. The van der Waals surface area contributed by atoms with Crippen molar-refractivity contribution in [2.75, 3.05) is 39.0 Å². The number of rotatable bonds is 6. The number of benzene rings is 1. The lowest BCUT2D eigenvalue weighted by Crippen LogP contribution is -2.33. The normalized spacial score (nSPS) is 21.4. The molecule has 0 bridgehead atoms. The molecule has 9 heteroatoms. The molecule has 5 rings (SSSR count). The highest BCUT2D eigenvalue weighted by molar-refractivity contribution is 7.88. The summed E-state index contributed by atoms with van der Waals surface area (Å²) in [6.07, 6.45) is 7.71. The van der Waals surface area contributed by atoms with Crippen molar-refractivity contribution >= 4 is 21.7 Å². The fourth-order valence-electron chi connectivity index (χ4n) is 5.29. The lowest BCUT2D eigenvalue weighted by molar-refractivity contribution is 0.355. The molecule has 0 amide bonds. The number of hydrogen-bond donors (Lipinski definition) is 2. The Labute approximate surface area is 178 Å². The van der Waals surface area contributed by atoms with Gasteiger partial charge in [-0.15, -0.1) is 10.2 Å². The molecule has 0 saturated carbocycles. The minimum Gasteiger partial charge on any atom is -0.324 e. The summed E-state index contributed by atoms with van der Waals surface area (Å²) >= 11 is 0. The first kappa shape index (κ1) is 20.0. The van der Waals surface area contributed by atoms with Crippen molar-refractivity contribution < 1.29 is 8.42 Å². The van der Waals surface area contributed by atoms with Gasteiger partial charge in [0.25, 0.3) is 15.2 Å². The molecule has 1 aromatic heterocycles. The largest absolute Gasteiger partial charge is 0.324 e. The predicted octanol–water partition coefficient (Wildman–Crippen LogP) is 2.10. The van der Waals surface area contributed by atoms with Crippen LogP contribution in [0.4, 0.5) is 11.6 Å². The number of hydrogen-bond acceptors (Lipinski definition) is 6. The highest BCUT2D eigenvalue weighted by Gasteiger charge is 2.30. The summed E-state index contributed by atoms with van der Waals surface area (Å²) in [7, 11) is 0.00191. The van der Waals surface area contributed by atoms with Crippen molar-refractivity contribution in [3.05, 3.63) is 28.3 Å². The van der Waals surface area contributed by atoms with Crippen LogP contribution in [0.3, 0.4) is 0 Å². The third kappa shape index (κ3) is 3.52. The van der Waals surface area contributed by atoms with Gasteiger partial charge in [0.1, 0.15) is 0 Å². The van der Waals surface area contributed by atoms with Gasteiger partial charge in [0.15, 0.2) is 0 Å². The Morgan fingerprint density at radius 2 is 1.87 bits per heavy atom. The van der Waals surface area contributed by atoms with Crippen LogP contribution in [0.1, 0.15) is 41.5 Å². The number of fused-ring (bicyclic) bond motifs is 2. The van der Waals surface area contributed by atoms with E-state index in [2.05, 4.69) is 38.5 Å². The van der Waals surface area contributed by atoms with E-state index < -0.39 is 10.0 Å². The van der Waals surface area contributed by atoms with Crippen molar-refractivity contribution in [1.29, 1.82) is 0 Å². The zero-order valence-electron chi connectivity index (χ0n) is 17.7. The second kappa shape index (κ2) is 7.62. The SMILES string of the molecule is CN1CCC(CN(C)S(=O)(=O)c2nnc(Nc3c4c(cc5c3CCC5)CCC4)[nH]2)C1. The monoisotopic (exact) mass is 430 g/mol. The van der Waals surface area contributed by atoms with Gasteiger partial charge in [0.2, 0.25) is 5.95 Å². The number of aromatic amines is 1. The second-order valence-electron chi connectivity index (χ2n) is 9.04. The molecule has 2 aromatic rings. The Hall–Kier alpha value is -1.97. The van der Waals surface area contributed by atoms with E-state index in [4.69, 9.17) is 0 Å². The zero-order valence-corrected chi connectivity index (χ0v) is 18.6. The first-order valence-corrected chi connectivity index (χ1v) is 12.4. The van der Waals surface area contributed by atoms with Crippen LogP contribution in [0.5, 0.6) is 0 Å². The Kier molecular flexibility index (Phi) is 5.07. The van der Waals surface area contributed by atoms with Gasteiger partial charge in [-0.05, 0) is 86.7 Å². The van der Waals surface area contributed by atoms with Crippen molar-refractivity contribution in [3.63, 3.8) is 0 Å². The molecule has 8 nitrogen and oxygen atoms in total. The number of H-pyrrole nitrogens is 1. The Morgan fingerprint density at radius 3 is 2.50 bits per heavy atom. The smallest absolute Gasteiger partial charge is 0.278 e. The van der Waals surface area contributed by atoms with Crippen LogP contribution in [-0.2, 0) is 35.7 Å². The van der Waals surface area contributed by atoms with Crippen LogP contribution in [0.25, 0.3) is 0 Å². The molecule has 2 N–H and O–H groups in total. The number of likely N-dealkylation sites (tertiary alicyclic amines) is 1. The summed E-state index contributed by atoms with van der Waals surface area (Å²) in [6, 6.07) is 2.38. The van der Waals surface area contributed by atoms with Crippen molar-refractivity contribution in [3.8, 4) is 0 Å². The molecule has 162 valence electrons. The van der Waals surface area contributed by atoms with Crippen LogP contribution >= 0.6 is 0 Å². The summed E-state index contributed by atoms with van der Waals surface area (Å²) in [4.78, 5) is 5.16. The summed E-state index contributed by atoms with van der Waals surface area (Å²) < 4.78 is 27.4. The summed E-state index contributed by atoms with van der Waals surface area (Å²) in [5.74, 6) is 0.752. The van der Waals surface area contributed by atoms with Gasteiger partial charge in [0.05, 0.1) is 0 Å². The quantitative estimate of drug-likeness (QED) is 0.729. The second-order valence-corrected chi connectivity index (χ2v) is 11.0. The number of nitrogens with zero attached hydrogens (tertiary/aromatic N) is 4. The van der Waals surface area contributed by atoms with E-state index in [0.29, 0.717) is 18.4 Å². The zero-order chi connectivity index (χ0) is 20.9.